The zero-order valence-corrected chi connectivity index (χ0v) is 14.2. The van der Waals surface area contributed by atoms with Crippen molar-refractivity contribution >= 4 is 11.6 Å². The second kappa shape index (κ2) is 7.49. The molecule has 1 aliphatic heterocycles. The first-order valence-corrected chi connectivity index (χ1v) is 8.50. The van der Waals surface area contributed by atoms with Gasteiger partial charge in [-0.3, -0.25) is 9.69 Å². The fraction of sp³-hybridized carbons (Fsp3) is 0.350. The summed E-state index contributed by atoms with van der Waals surface area (Å²) in [7, 11) is 0. The lowest BCUT2D eigenvalue weighted by Gasteiger charge is -2.35. The fourth-order valence-electron chi connectivity index (χ4n) is 3.10. The standard InChI is InChI=1S/C20H25N3O/c1-16-5-7-17(8-6-16)14-20(24)23-11-9-22(10-12-23)15-18-3-2-4-19(21)13-18/h2-8,13H,9-12,14-15,21H2,1H3. The maximum absolute atomic E-state index is 12.5. The number of anilines is 1. The summed E-state index contributed by atoms with van der Waals surface area (Å²) in [6, 6.07) is 16.2. The highest BCUT2D eigenvalue weighted by Gasteiger charge is 2.21. The highest BCUT2D eigenvalue weighted by molar-refractivity contribution is 5.78. The van der Waals surface area contributed by atoms with Crippen LogP contribution in [0.1, 0.15) is 16.7 Å². The highest BCUT2D eigenvalue weighted by Crippen LogP contribution is 2.13. The van der Waals surface area contributed by atoms with E-state index in [2.05, 4.69) is 30.0 Å². The molecule has 2 N–H and O–H groups in total. The molecular weight excluding hydrogens is 298 g/mol. The molecule has 24 heavy (non-hydrogen) atoms. The Labute approximate surface area is 143 Å². The molecule has 4 heteroatoms. The third kappa shape index (κ3) is 4.36. The van der Waals surface area contributed by atoms with Gasteiger partial charge in [-0.25, -0.2) is 0 Å². The molecule has 0 atom stereocenters. The van der Waals surface area contributed by atoms with Crippen molar-refractivity contribution in [2.75, 3.05) is 31.9 Å². The van der Waals surface area contributed by atoms with Gasteiger partial charge < -0.3 is 10.6 Å². The summed E-state index contributed by atoms with van der Waals surface area (Å²) in [6.07, 6.45) is 0.496. The van der Waals surface area contributed by atoms with E-state index in [4.69, 9.17) is 5.73 Å². The Morgan fingerprint density at radius 1 is 1.00 bits per heavy atom. The maximum atomic E-state index is 12.5. The van der Waals surface area contributed by atoms with Crippen molar-refractivity contribution < 1.29 is 4.79 Å². The van der Waals surface area contributed by atoms with Crippen molar-refractivity contribution in [2.45, 2.75) is 19.9 Å². The van der Waals surface area contributed by atoms with Crippen molar-refractivity contribution in [3.63, 3.8) is 0 Å². The number of amides is 1. The lowest BCUT2D eigenvalue weighted by molar-refractivity contribution is -0.132. The van der Waals surface area contributed by atoms with Gasteiger partial charge in [-0.1, -0.05) is 42.0 Å². The Morgan fingerprint density at radius 3 is 2.38 bits per heavy atom. The van der Waals surface area contributed by atoms with Crippen LogP contribution in [0.5, 0.6) is 0 Å². The van der Waals surface area contributed by atoms with Gasteiger partial charge in [0.1, 0.15) is 0 Å². The first-order chi connectivity index (χ1) is 11.6. The highest BCUT2D eigenvalue weighted by atomic mass is 16.2. The number of aryl methyl sites for hydroxylation is 1. The number of nitrogens with two attached hydrogens (primary N) is 1. The van der Waals surface area contributed by atoms with E-state index in [1.807, 2.05) is 35.2 Å². The number of benzene rings is 2. The van der Waals surface area contributed by atoms with Crippen LogP contribution in [0.3, 0.4) is 0 Å². The number of nitrogens with zero attached hydrogens (tertiary/aromatic N) is 2. The van der Waals surface area contributed by atoms with Crippen LogP contribution in [0, 0.1) is 6.92 Å². The maximum Gasteiger partial charge on any atom is 0.227 e. The number of nitrogen functional groups attached to an aromatic ring is 1. The quantitative estimate of drug-likeness (QED) is 0.880. The van der Waals surface area contributed by atoms with E-state index in [1.54, 1.807) is 0 Å². The molecule has 1 aliphatic rings. The van der Waals surface area contributed by atoms with E-state index in [0.29, 0.717) is 6.42 Å². The Hall–Kier alpha value is -2.33. The molecule has 0 unspecified atom stereocenters. The zero-order valence-electron chi connectivity index (χ0n) is 14.2. The van der Waals surface area contributed by atoms with Gasteiger partial charge in [0.05, 0.1) is 6.42 Å². The molecule has 2 aromatic carbocycles. The average Bonchev–Trinajstić information content (AvgIpc) is 2.57. The first kappa shape index (κ1) is 16.5. The van der Waals surface area contributed by atoms with Crippen LogP contribution < -0.4 is 5.73 Å². The summed E-state index contributed by atoms with van der Waals surface area (Å²) in [6.45, 7) is 6.37. The normalized spacial score (nSPS) is 15.5. The lowest BCUT2D eigenvalue weighted by atomic mass is 10.1. The van der Waals surface area contributed by atoms with E-state index in [-0.39, 0.29) is 5.91 Å². The third-order valence-corrected chi connectivity index (χ3v) is 4.56. The monoisotopic (exact) mass is 323 g/mol. The van der Waals surface area contributed by atoms with Crippen molar-refractivity contribution in [1.29, 1.82) is 0 Å². The molecule has 1 heterocycles. The van der Waals surface area contributed by atoms with E-state index in [9.17, 15) is 4.79 Å². The third-order valence-electron chi connectivity index (χ3n) is 4.56. The Morgan fingerprint density at radius 2 is 1.71 bits per heavy atom. The number of carbonyl (C=O) groups is 1. The van der Waals surface area contributed by atoms with Crippen molar-refractivity contribution in [3.8, 4) is 0 Å². The zero-order chi connectivity index (χ0) is 16.9. The summed E-state index contributed by atoms with van der Waals surface area (Å²) < 4.78 is 0. The molecule has 126 valence electrons. The summed E-state index contributed by atoms with van der Waals surface area (Å²) in [5.41, 5.74) is 10.2. The predicted molar refractivity (Wildman–Crippen MR) is 97.6 cm³/mol. The molecule has 1 fully saturated rings. The van der Waals surface area contributed by atoms with Gasteiger partial charge >= 0.3 is 0 Å². The Bertz CT molecular complexity index is 688. The first-order valence-electron chi connectivity index (χ1n) is 8.50. The molecule has 4 nitrogen and oxygen atoms in total. The van der Waals surface area contributed by atoms with E-state index in [1.165, 1.54) is 11.1 Å². The molecule has 1 amide bonds. The van der Waals surface area contributed by atoms with Gasteiger partial charge in [0, 0.05) is 38.4 Å². The van der Waals surface area contributed by atoms with E-state index in [0.717, 1.165) is 44.0 Å². The number of hydrogen-bond acceptors (Lipinski definition) is 3. The van der Waals surface area contributed by atoms with Crippen LogP contribution >= 0.6 is 0 Å². The van der Waals surface area contributed by atoms with Crippen molar-refractivity contribution in [2.24, 2.45) is 0 Å². The molecule has 0 aliphatic carbocycles. The number of carbonyl (C=O) groups excluding carboxylic acids is 1. The van der Waals surface area contributed by atoms with Gasteiger partial charge in [0.15, 0.2) is 0 Å². The summed E-state index contributed by atoms with van der Waals surface area (Å²) in [5.74, 6) is 0.224. The summed E-state index contributed by atoms with van der Waals surface area (Å²) in [4.78, 5) is 16.8. The number of rotatable bonds is 4. The van der Waals surface area contributed by atoms with Gasteiger partial charge in [-0.05, 0) is 30.2 Å². The minimum Gasteiger partial charge on any atom is -0.399 e. The Balaban J connectivity index is 1.49. The molecule has 3 rings (SSSR count). The Kier molecular flexibility index (Phi) is 5.16. The minimum absolute atomic E-state index is 0.224. The molecular formula is C20H25N3O. The second-order valence-corrected chi connectivity index (χ2v) is 6.56. The lowest BCUT2D eigenvalue weighted by Crippen LogP contribution is -2.48. The van der Waals surface area contributed by atoms with Crippen LogP contribution in [-0.2, 0) is 17.8 Å². The van der Waals surface area contributed by atoms with Crippen LogP contribution in [0.4, 0.5) is 5.69 Å². The van der Waals surface area contributed by atoms with E-state index < -0.39 is 0 Å². The molecule has 0 bridgehead atoms. The van der Waals surface area contributed by atoms with Crippen molar-refractivity contribution in [3.05, 3.63) is 65.2 Å². The molecule has 1 saturated heterocycles. The van der Waals surface area contributed by atoms with E-state index >= 15 is 0 Å². The summed E-state index contributed by atoms with van der Waals surface area (Å²) >= 11 is 0. The van der Waals surface area contributed by atoms with Gasteiger partial charge in [-0.2, -0.15) is 0 Å². The van der Waals surface area contributed by atoms with Gasteiger partial charge in [0.2, 0.25) is 5.91 Å². The van der Waals surface area contributed by atoms with Crippen molar-refractivity contribution in [1.82, 2.24) is 9.80 Å². The summed E-state index contributed by atoms with van der Waals surface area (Å²) in [5, 5.41) is 0. The number of piperazine rings is 1. The molecule has 0 saturated carbocycles. The molecule has 2 aromatic rings. The average molecular weight is 323 g/mol. The van der Waals surface area contributed by atoms with Crippen LogP contribution in [-0.4, -0.2) is 41.9 Å². The molecule has 0 spiro atoms. The largest absolute Gasteiger partial charge is 0.399 e. The topological polar surface area (TPSA) is 49.6 Å². The van der Waals surface area contributed by atoms with Crippen LogP contribution in [0.15, 0.2) is 48.5 Å². The SMILES string of the molecule is Cc1ccc(CC(=O)N2CCN(Cc3cccc(N)c3)CC2)cc1. The smallest absolute Gasteiger partial charge is 0.227 e. The molecule has 0 radical (unpaired) electrons. The fourth-order valence-corrected chi connectivity index (χ4v) is 3.10. The molecule has 0 aromatic heterocycles. The predicted octanol–water partition coefficient (Wildman–Crippen LogP) is 2.46. The van der Waals surface area contributed by atoms with Crippen LogP contribution in [0.2, 0.25) is 0 Å². The van der Waals surface area contributed by atoms with Gasteiger partial charge in [0.25, 0.3) is 0 Å². The second-order valence-electron chi connectivity index (χ2n) is 6.56. The minimum atomic E-state index is 0.224. The number of hydrogen-bond donors (Lipinski definition) is 1. The van der Waals surface area contributed by atoms with Crippen LogP contribution in [0.25, 0.3) is 0 Å². The van der Waals surface area contributed by atoms with Gasteiger partial charge in [-0.15, -0.1) is 0 Å².